The molecule has 0 saturated carbocycles. The van der Waals surface area contributed by atoms with Crippen LogP contribution in [0.3, 0.4) is 0 Å². The SMILES string of the molecule is CC(C)(C)C(C)(C)[O-].CC(C)(C)C(C)(C)[O-].CC(C)(C)C(C)(C)[O-].CC(C)(C)C(C)(C)[O-].[Si+4]. The normalized spacial score (nSPS) is 13.8. The van der Waals surface area contributed by atoms with Crippen LogP contribution in [0.15, 0.2) is 0 Å². The van der Waals surface area contributed by atoms with E-state index >= 15 is 0 Å². The van der Waals surface area contributed by atoms with Gasteiger partial charge in [0.15, 0.2) is 0 Å². The molecule has 0 aromatic heterocycles. The number of rotatable bonds is 0. The first-order valence-electron chi connectivity index (χ1n) is 11.8. The van der Waals surface area contributed by atoms with E-state index in [-0.39, 0.29) is 32.6 Å². The first-order valence-corrected chi connectivity index (χ1v) is 11.8. The molecule has 0 amide bonds. The van der Waals surface area contributed by atoms with Crippen molar-refractivity contribution in [3.8, 4) is 0 Å². The summed E-state index contributed by atoms with van der Waals surface area (Å²) in [5, 5.41) is 44.5. The van der Waals surface area contributed by atoms with Crippen LogP contribution in [0.25, 0.3) is 0 Å². The largest absolute Gasteiger partial charge is 4.00 e. The van der Waals surface area contributed by atoms with Gasteiger partial charge in [-0.15, -0.1) is 22.4 Å². The zero-order valence-electron chi connectivity index (χ0n) is 26.1. The smallest absolute Gasteiger partial charge is 0.849 e. The van der Waals surface area contributed by atoms with E-state index in [1.54, 1.807) is 55.4 Å². The molecule has 0 unspecified atom stereocenters. The van der Waals surface area contributed by atoms with Gasteiger partial charge < -0.3 is 20.4 Å². The van der Waals surface area contributed by atoms with E-state index < -0.39 is 22.4 Å². The minimum Gasteiger partial charge on any atom is -0.849 e. The summed E-state index contributed by atoms with van der Waals surface area (Å²) in [5.41, 5.74) is -3.72. The third-order valence-electron chi connectivity index (χ3n) is 7.22. The minimum absolute atomic E-state index is 0. The minimum atomic E-state index is -0.812. The second-order valence-corrected chi connectivity index (χ2v) is 15.0. The quantitative estimate of drug-likeness (QED) is 0.475. The first-order chi connectivity index (χ1) is 13.0. The van der Waals surface area contributed by atoms with Crippen LogP contribution >= 0.6 is 0 Å². The summed E-state index contributed by atoms with van der Waals surface area (Å²) >= 11 is 0. The van der Waals surface area contributed by atoms with Gasteiger partial charge in [-0.05, 0) is 21.7 Å². The fourth-order valence-corrected chi connectivity index (χ4v) is 0. The molecule has 0 spiro atoms. The second kappa shape index (κ2) is 13.4. The molecule has 0 rings (SSSR count). The third-order valence-corrected chi connectivity index (χ3v) is 7.22. The molecule has 200 valence electrons. The topological polar surface area (TPSA) is 92.2 Å². The summed E-state index contributed by atoms with van der Waals surface area (Å²) in [6, 6.07) is 0. The van der Waals surface area contributed by atoms with Crippen molar-refractivity contribution in [2.45, 2.75) is 161 Å². The molecule has 5 heteroatoms. The average molecular weight is 489 g/mol. The van der Waals surface area contributed by atoms with Gasteiger partial charge in [0.1, 0.15) is 0 Å². The van der Waals surface area contributed by atoms with Crippen molar-refractivity contribution in [3.05, 3.63) is 0 Å². The van der Waals surface area contributed by atoms with Crippen LogP contribution in [-0.4, -0.2) is 33.4 Å². The van der Waals surface area contributed by atoms with Crippen LogP contribution in [0.4, 0.5) is 0 Å². The summed E-state index contributed by atoms with van der Waals surface area (Å²) in [4.78, 5) is 0. The van der Waals surface area contributed by atoms with E-state index in [1.165, 1.54) is 0 Å². The molecule has 0 atom stereocenters. The number of hydrogen-bond donors (Lipinski definition) is 0. The Morgan fingerprint density at radius 1 is 0.242 bits per heavy atom. The summed E-state index contributed by atoms with van der Waals surface area (Å²) in [5.74, 6) is 0. The molecule has 0 aliphatic rings. The molecule has 0 radical (unpaired) electrons. The maximum Gasteiger partial charge on any atom is 4.00 e. The second-order valence-electron chi connectivity index (χ2n) is 15.0. The van der Waals surface area contributed by atoms with E-state index in [0.29, 0.717) is 0 Å². The Hall–Kier alpha value is 0.0569. The van der Waals surface area contributed by atoms with Gasteiger partial charge in [-0.2, -0.15) is 0 Å². The van der Waals surface area contributed by atoms with Crippen molar-refractivity contribution in [2.24, 2.45) is 21.7 Å². The zero-order valence-corrected chi connectivity index (χ0v) is 27.1. The standard InChI is InChI=1S/4C7H15O.Si/c4*1-6(2,3)7(4,5)8;/h4*1-5H3;/q4*-1;+4. The van der Waals surface area contributed by atoms with Crippen molar-refractivity contribution in [2.75, 3.05) is 0 Å². The van der Waals surface area contributed by atoms with Gasteiger partial charge in [0.05, 0.1) is 0 Å². The van der Waals surface area contributed by atoms with E-state index in [2.05, 4.69) is 0 Å². The fourth-order valence-electron chi connectivity index (χ4n) is 0. The van der Waals surface area contributed by atoms with Gasteiger partial charge in [-0.1, -0.05) is 138 Å². The van der Waals surface area contributed by atoms with Gasteiger partial charge in [-0.25, -0.2) is 0 Å². The Morgan fingerprint density at radius 3 is 0.273 bits per heavy atom. The van der Waals surface area contributed by atoms with Crippen molar-refractivity contribution in [1.29, 1.82) is 0 Å². The van der Waals surface area contributed by atoms with Gasteiger partial charge in [-0.3, -0.25) is 0 Å². The molecule has 0 aromatic carbocycles. The van der Waals surface area contributed by atoms with E-state index in [9.17, 15) is 20.4 Å². The molecular weight excluding hydrogens is 428 g/mol. The maximum atomic E-state index is 11.1. The molecule has 4 nitrogen and oxygen atoms in total. The molecule has 33 heavy (non-hydrogen) atoms. The van der Waals surface area contributed by atoms with Crippen LogP contribution < -0.4 is 20.4 Å². The molecule has 0 aliphatic carbocycles. The monoisotopic (exact) mass is 488 g/mol. The van der Waals surface area contributed by atoms with Crippen molar-refractivity contribution < 1.29 is 20.4 Å². The Bertz CT molecular complexity index is 340. The predicted octanol–water partition coefficient (Wildman–Crippen LogP) is 4.30. The Balaban J connectivity index is -0.000000105. The Morgan fingerprint density at radius 2 is 0.273 bits per heavy atom. The molecular formula is C28H60O4Si. The molecule has 0 aromatic rings. The van der Waals surface area contributed by atoms with Crippen LogP contribution in [0.1, 0.15) is 138 Å². The predicted molar refractivity (Wildman–Crippen MR) is 140 cm³/mol. The van der Waals surface area contributed by atoms with Crippen molar-refractivity contribution >= 4 is 11.0 Å². The van der Waals surface area contributed by atoms with Crippen LogP contribution in [-0.2, 0) is 0 Å². The molecule has 0 saturated heterocycles. The van der Waals surface area contributed by atoms with Gasteiger partial charge >= 0.3 is 11.0 Å². The summed E-state index contributed by atoms with van der Waals surface area (Å²) in [6.07, 6.45) is 0. The van der Waals surface area contributed by atoms with Gasteiger partial charge in [0.2, 0.25) is 0 Å². The molecule has 0 aliphatic heterocycles. The summed E-state index contributed by atoms with van der Waals surface area (Å²) < 4.78 is 0. The van der Waals surface area contributed by atoms with Crippen LogP contribution in [0.5, 0.6) is 0 Å². The van der Waals surface area contributed by atoms with Crippen LogP contribution in [0, 0.1) is 21.7 Å². The zero-order chi connectivity index (χ0) is 28.0. The molecule has 0 bridgehead atoms. The third kappa shape index (κ3) is 22.3. The molecule has 0 fully saturated rings. The Labute approximate surface area is 214 Å². The molecule has 0 heterocycles. The first kappa shape index (κ1) is 43.2. The molecule has 0 N–H and O–H groups in total. The average Bonchev–Trinajstić information content (AvgIpc) is 2.30. The van der Waals surface area contributed by atoms with E-state index in [4.69, 9.17) is 0 Å². The summed E-state index contributed by atoms with van der Waals surface area (Å²) in [7, 11) is 0. The maximum absolute atomic E-state index is 11.1. The number of hydrogen-bond acceptors (Lipinski definition) is 4. The van der Waals surface area contributed by atoms with Crippen molar-refractivity contribution in [3.63, 3.8) is 0 Å². The Kier molecular flexibility index (Phi) is 17.5. The van der Waals surface area contributed by atoms with E-state index in [1.807, 2.05) is 83.1 Å². The summed E-state index contributed by atoms with van der Waals surface area (Å²) in [6.45, 7) is 37.2. The van der Waals surface area contributed by atoms with E-state index in [0.717, 1.165) is 0 Å². The van der Waals surface area contributed by atoms with Gasteiger partial charge in [0, 0.05) is 0 Å². The van der Waals surface area contributed by atoms with Gasteiger partial charge in [0.25, 0.3) is 0 Å². The van der Waals surface area contributed by atoms with Crippen LogP contribution in [0.2, 0.25) is 0 Å². The fraction of sp³-hybridized carbons (Fsp3) is 1.00. The van der Waals surface area contributed by atoms with Crippen molar-refractivity contribution in [1.82, 2.24) is 0 Å².